The molecular weight excluding hydrogens is 266 g/mol. The Morgan fingerprint density at radius 2 is 2.05 bits per heavy atom. The average molecular weight is 282 g/mol. The van der Waals surface area contributed by atoms with Gasteiger partial charge in [0.2, 0.25) is 0 Å². The summed E-state index contributed by atoms with van der Waals surface area (Å²) in [5, 5.41) is 12.8. The molecule has 2 aromatic rings. The smallest absolute Gasteiger partial charge is 0.143 e. The van der Waals surface area contributed by atoms with Crippen molar-refractivity contribution < 1.29 is 14.3 Å². The number of aryl methyl sites for hydroxylation is 1. The quantitative estimate of drug-likeness (QED) is 0.882. The van der Waals surface area contributed by atoms with Crippen LogP contribution in [0, 0.1) is 6.92 Å². The molecule has 0 atom stereocenters. The number of furan rings is 1. The molecular formula is C14H16ClNO3. The lowest BCUT2D eigenvalue weighted by atomic mass is 10.2. The summed E-state index contributed by atoms with van der Waals surface area (Å²) < 4.78 is 10.7. The van der Waals surface area contributed by atoms with E-state index >= 15 is 0 Å². The van der Waals surface area contributed by atoms with Crippen LogP contribution in [0.2, 0.25) is 5.02 Å². The molecule has 1 heterocycles. The number of hydrogen-bond donors (Lipinski definition) is 2. The van der Waals surface area contributed by atoms with E-state index in [1.807, 2.05) is 19.1 Å². The lowest BCUT2D eigenvalue weighted by molar-refractivity contribution is 0.244. The molecule has 0 fully saturated rings. The van der Waals surface area contributed by atoms with Gasteiger partial charge in [-0.2, -0.15) is 0 Å². The van der Waals surface area contributed by atoms with Crippen LogP contribution in [-0.4, -0.2) is 12.2 Å². The first-order valence-corrected chi connectivity index (χ1v) is 6.28. The number of benzene rings is 1. The number of anilines is 1. The first-order chi connectivity index (χ1) is 9.13. The number of rotatable bonds is 5. The van der Waals surface area contributed by atoms with E-state index in [4.69, 9.17) is 25.9 Å². The van der Waals surface area contributed by atoms with Crippen molar-refractivity contribution in [3.8, 4) is 5.75 Å². The van der Waals surface area contributed by atoms with Gasteiger partial charge in [0.1, 0.15) is 23.9 Å². The molecule has 2 N–H and O–H groups in total. The third-order valence-electron chi connectivity index (χ3n) is 2.81. The highest BCUT2D eigenvalue weighted by molar-refractivity contribution is 6.31. The zero-order valence-corrected chi connectivity index (χ0v) is 11.6. The predicted molar refractivity (Wildman–Crippen MR) is 74.7 cm³/mol. The lowest BCUT2D eigenvalue weighted by Crippen LogP contribution is -2.01. The largest absolute Gasteiger partial charge is 0.495 e. The Kier molecular flexibility index (Phi) is 4.35. The van der Waals surface area contributed by atoms with Crippen molar-refractivity contribution in [1.82, 2.24) is 0 Å². The summed E-state index contributed by atoms with van der Waals surface area (Å²) in [4.78, 5) is 0. The van der Waals surface area contributed by atoms with Crippen LogP contribution in [0.4, 0.5) is 5.69 Å². The maximum absolute atomic E-state index is 8.94. The van der Waals surface area contributed by atoms with Gasteiger partial charge in [-0.25, -0.2) is 0 Å². The summed E-state index contributed by atoms with van der Waals surface area (Å²) >= 11 is 6.05. The fourth-order valence-electron chi connectivity index (χ4n) is 1.75. The Labute approximate surface area is 117 Å². The van der Waals surface area contributed by atoms with E-state index in [2.05, 4.69) is 5.32 Å². The summed E-state index contributed by atoms with van der Waals surface area (Å²) in [6.45, 7) is 2.35. The number of methoxy groups -OCH3 is 1. The van der Waals surface area contributed by atoms with E-state index in [1.54, 1.807) is 19.2 Å². The predicted octanol–water partition coefficient (Wildman–Crippen LogP) is 3.35. The van der Waals surface area contributed by atoms with Crippen molar-refractivity contribution in [3.05, 3.63) is 46.4 Å². The van der Waals surface area contributed by atoms with Crippen LogP contribution in [0.25, 0.3) is 0 Å². The van der Waals surface area contributed by atoms with E-state index < -0.39 is 0 Å². The Balaban J connectivity index is 2.12. The average Bonchev–Trinajstić information content (AvgIpc) is 2.87. The lowest BCUT2D eigenvalue weighted by Gasteiger charge is -2.12. The molecule has 0 spiro atoms. The minimum absolute atomic E-state index is 0.0939. The molecule has 0 radical (unpaired) electrons. The first-order valence-electron chi connectivity index (χ1n) is 5.90. The Morgan fingerprint density at radius 3 is 2.68 bits per heavy atom. The number of halogens is 1. The zero-order valence-electron chi connectivity index (χ0n) is 10.9. The van der Waals surface area contributed by atoms with Crippen LogP contribution in [0.3, 0.4) is 0 Å². The molecule has 4 nitrogen and oxygen atoms in total. The third kappa shape index (κ3) is 3.22. The Morgan fingerprint density at radius 1 is 1.32 bits per heavy atom. The van der Waals surface area contributed by atoms with Crippen molar-refractivity contribution >= 4 is 17.3 Å². The fraction of sp³-hybridized carbons (Fsp3) is 0.286. The highest BCUT2D eigenvalue weighted by atomic mass is 35.5. The van der Waals surface area contributed by atoms with Crippen LogP contribution >= 0.6 is 11.6 Å². The van der Waals surface area contributed by atoms with Gasteiger partial charge in [0.05, 0.1) is 19.3 Å². The summed E-state index contributed by atoms with van der Waals surface area (Å²) in [6, 6.07) is 7.28. The van der Waals surface area contributed by atoms with Gasteiger partial charge in [0, 0.05) is 11.1 Å². The molecule has 1 aromatic heterocycles. The van der Waals surface area contributed by atoms with Crippen molar-refractivity contribution in [3.63, 3.8) is 0 Å². The standard InChI is InChI=1S/C14H16ClNO3/c1-9-5-13(14(18-2)6-12(9)15)16-7-10-3-4-11(8-17)19-10/h3-6,16-17H,7-8H2,1-2H3. The minimum atomic E-state index is -0.0939. The second kappa shape index (κ2) is 5.99. The summed E-state index contributed by atoms with van der Waals surface area (Å²) in [5.41, 5.74) is 1.83. The van der Waals surface area contributed by atoms with Crippen LogP contribution in [0.1, 0.15) is 17.1 Å². The molecule has 0 saturated heterocycles. The van der Waals surface area contributed by atoms with E-state index in [9.17, 15) is 0 Å². The highest BCUT2D eigenvalue weighted by Gasteiger charge is 2.08. The van der Waals surface area contributed by atoms with Gasteiger partial charge >= 0.3 is 0 Å². The molecule has 2 rings (SSSR count). The van der Waals surface area contributed by atoms with Crippen molar-refractivity contribution in [2.24, 2.45) is 0 Å². The van der Waals surface area contributed by atoms with Gasteiger partial charge in [0.25, 0.3) is 0 Å². The molecule has 0 unspecified atom stereocenters. The molecule has 0 aliphatic rings. The molecule has 19 heavy (non-hydrogen) atoms. The Hall–Kier alpha value is -1.65. The first kappa shape index (κ1) is 13.8. The van der Waals surface area contributed by atoms with Gasteiger partial charge in [0.15, 0.2) is 0 Å². The van der Waals surface area contributed by atoms with Gasteiger partial charge in [-0.1, -0.05) is 11.6 Å². The zero-order chi connectivity index (χ0) is 13.8. The molecule has 102 valence electrons. The maximum atomic E-state index is 8.94. The van der Waals surface area contributed by atoms with Crippen molar-refractivity contribution in [1.29, 1.82) is 0 Å². The molecule has 0 saturated carbocycles. The number of ether oxygens (including phenoxy) is 1. The monoisotopic (exact) mass is 281 g/mol. The molecule has 0 aliphatic carbocycles. The van der Waals surface area contributed by atoms with Crippen molar-refractivity contribution in [2.75, 3.05) is 12.4 Å². The molecule has 1 aromatic carbocycles. The van der Waals surface area contributed by atoms with E-state index in [-0.39, 0.29) is 6.61 Å². The molecule has 0 aliphatic heterocycles. The van der Waals surface area contributed by atoms with E-state index in [1.165, 1.54) is 0 Å². The molecule has 0 amide bonds. The summed E-state index contributed by atoms with van der Waals surface area (Å²) in [7, 11) is 1.60. The van der Waals surface area contributed by atoms with Crippen LogP contribution in [0.5, 0.6) is 5.75 Å². The van der Waals surface area contributed by atoms with Crippen LogP contribution < -0.4 is 10.1 Å². The topological polar surface area (TPSA) is 54.6 Å². The van der Waals surface area contributed by atoms with Crippen LogP contribution in [0.15, 0.2) is 28.7 Å². The van der Waals surface area contributed by atoms with Gasteiger partial charge < -0.3 is 19.6 Å². The number of nitrogens with one attached hydrogen (secondary N) is 1. The van der Waals surface area contributed by atoms with E-state index in [0.717, 1.165) is 17.0 Å². The normalized spacial score (nSPS) is 10.5. The fourth-order valence-corrected chi connectivity index (χ4v) is 1.91. The SMILES string of the molecule is COc1cc(Cl)c(C)cc1NCc1ccc(CO)o1. The second-order valence-corrected chi connectivity index (χ2v) is 4.59. The number of hydrogen-bond acceptors (Lipinski definition) is 4. The Bertz CT molecular complexity index is 566. The van der Waals surface area contributed by atoms with Crippen LogP contribution in [-0.2, 0) is 13.2 Å². The highest BCUT2D eigenvalue weighted by Crippen LogP contribution is 2.31. The van der Waals surface area contributed by atoms with Gasteiger partial charge in [-0.3, -0.25) is 0 Å². The minimum Gasteiger partial charge on any atom is -0.495 e. The van der Waals surface area contributed by atoms with Gasteiger partial charge in [-0.15, -0.1) is 0 Å². The number of aliphatic hydroxyl groups is 1. The van der Waals surface area contributed by atoms with Gasteiger partial charge in [-0.05, 0) is 30.7 Å². The second-order valence-electron chi connectivity index (χ2n) is 4.18. The number of aliphatic hydroxyl groups excluding tert-OH is 1. The summed E-state index contributed by atoms with van der Waals surface area (Å²) in [6.07, 6.45) is 0. The van der Waals surface area contributed by atoms with E-state index in [0.29, 0.717) is 23.1 Å². The molecule has 0 bridgehead atoms. The maximum Gasteiger partial charge on any atom is 0.143 e. The summed E-state index contributed by atoms with van der Waals surface area (Å²) in [5.74, 6) is 1.99. The third-order valence-corrected chi connectivity index (χ3v) is 3.21. The van der Waals surface area contributed by atoms with Crippen molar-refractivity contribution in [2.45, 2.75) is 20.1 Å². The molecule has 5 heteroatoms.